The monoisotopic (exact) mass is 287 g/mol. The summed E-state index contributed by atoms with van der Waals surface area (Å²) in [5.41, 5.74) is -0.754. The molecule has 0 saturated heterocycles. The molecule has 0 atom stereocenters. The second-order valence-corrected chi connectivity index (χ2v) is 3.48. The molecule has 1 aromatic rings. The first kappa shape index (κ1) is 15.1. The molecule has 0 saturated carbocycles. The summed E-state index contributed by atoms with van der Waals surface area (Å²) in [6, 6.07) is 2.81. The second kappa shape index (κ2) is 5.34. The fourth-order valence-electron chi connectivity index (χ4n) is 1.56. The number of hydrogen-bond acceptors (Lipinski definition) is 8. The summed E-state index contributed by atoms with van der Waals surface area (Å²) in [5, 5.41) is 32.7. The molecule has 0 aliphatic heterocycles. The number of rotatable bonds is 6. The van der Waals surface area contributed by atoms with Crippen LogP contribution in [0.5, 0.6) is 11.5 Å². The van der Waals surface area contributed by atoms with Crippen LogP contribution >= 0.6 is 0 Å². The van der Waals surface area contributed by atoms with Gasteiger partial charge in [0.15, 0.2) is 31.8 Å². The van der Waals surface area contributed by atoms with E-state index in [4.69, 9.17) is 9.47 Å². The Labute approximate surface area is 111 Å². The molecule has 0 aliphatic rings. The average molecular weight is 287 g/mol. The predicted molar refractivity (Wildman–Crippen MR) is 62.2 cm³/mol. The van der Waals surface area contributed by atoms with Crippen LogP contribution in [0.3, 0.4) is 0 Å². The molecule has 1 rings (SSSR count). The van der Waals surface area contributed by atoms with Gasteiger partial charge in [0, 0.05) is 6.07 Å². The Hall–Kier alpha value is -2.98. The van der Waals surface area contributed by atoms with E-state index >= 15 is 0 Å². The minimum absolute atomic E-state index is 0.0973. The normalized spacial score (nSPS) is 10.7. The van der Waals surface area contributed by atoms with Crippen molar-refractivity contribution >= 4 is 0 Å². The zero-order valence-electron chi connectivity index (χ0n) is 10.3. The molecule has 0 fully saturated rings. The molecule has 11 heteroatoms. The van der Waals surface area contributed by atoms with Crippen LogP contribution in [0.2, 0.25) is 0 Å². The van der Waals surface area contributed by atoms with Gasteiger partial charge in [-0.05, 0) is 12.1 Å². The van der Waals surface area contributed by atoms with Crippen LogP contribution in [0.4, 0.5) is 0 Å². The fraction of sp³-hybridized carbons (Fsp3) is 0.333. The lowest BCUT2D eigenvalue weighted by Crippen LogP contribution is -2.50. The number of nitro groups is 3. The van der Waals surface area contributed by atoms with E-state index in [0.717, 1.165) is 18.2 Å². The maximum Gasteiger partial charge on any atom is 0.728 e. The summed E-state index contributed by atoms with van der Waals surface area (Å²) >= 11 is 0. The fourth-order valence-corrected chi connectivity index (χ4v) is 1.56. The maximum absolute atomic E-state index is 10.9. The van der Waals surface area contributed by atoms with Crippen LogP contribution in [0, 0.1) is 30.3 Å². The third kappa shape index (κ3) is 2.04. The van der Waals surface area contributed by atoms with Crippen molar-refractivity contribution in [2.24, 2.45) is 0 Å². The number of hydrogen-bond donors (Lipinski definition) is 0. The van der Waals surface area contributed by atoms with Gasteiger partial charge in [-0.15, -0.1) is 0 Å². The molecule has 0 aromatic heterocycles. The zero-order valence-corrected chi connectivity index (χ0v) is 10.3. The molecule has 108 valence electrons. The lowest BCUT2D eigenvalue weighted by molar-refractivity contribution is -0.986. The standard InChI is InChI=1S/C9H9N3O8/c1-19-7-4-3-6(5-8(7)20-2)9(10(13)14,11(15)16)12(17)18/h3-5H,1-2H3. The molecule has 1 aromatic carbocycles. The van der Waals surface area contributed by atoms with Crippen LogP contribution in [-0.4, -0.2) is 29.0 Å². The van der Waals surface area contributed by atoms with Crippen LogP contribution in [0.15, 0.2) is 18.2 Å². The zero-order chi connectivity index (χ0) is 15.5. The van der Waals surface area contributed by atoms with E-state index in [0.29, 0.717) is 0 Å². The van der Waals surface area contributed by atoms with Gasteiger partial charge in [0.1, 0.15) is 0 Å². The Balaban J connectivity index is 3.62. The van der Waals surface area contributed by atoms with E-state index in [1.165, 1.54) is 14.2 Å². The minimum atomic E-state index is -3.69. The lowest BCUT2D eigenvalue weighted by atomic mass is 10.1. The molecule has 0 bridgehead atoms. The predicted octanol–water partition coefficient (Wildman–Crippen LogP) is 0.644. The van der Waals surface area contributed by atoms with Crippen molar-refractivity contribution < 1.29 is 24.2 Å². The van der Waals surface area contributed by atoms with Crippen molar-refractivity contribution in [3.05, 3.63) is 54.1 Å². The van der Waals surface area contributed by atoms with Crippen molar-refractivity contribution in [3.8, 4) is 11.5 Å². The van der Waals surface area contributed by atoms with E-state index in [2.05, 4.69) is 0 Å². The molecule has 0 unspecified atom stereocenters. The van der Waals surface area contributed by atoms with E-state index in [1.807, 2.05) is 0 Å². The van der Waals surface area contributed by atoms with E-state index in [9.17, 15) is 30.3 Å². The lowest BCUT2D eigenvalue weighted by Gasteiger charge is -2.11. The first-order chi connectivity index (χ1) is 9.32. The summed E-state index contributed by atoms with van der Waals surface area (Å²) in [5.74, 6) is -3.67. The molecular weight excluding hydrogens is 278 g/mol. The Morgan fingerprint density at radius 2 is 1.35 bits per heavy atom. The van der Waals surface area contributed by atoms with Crippen molar-refractivity contribution in [2.45, 2.75) is 5.79 Å². The highest BCUT2D eigenvalue weighted by atomic mass is 16.7. The van der Waals surface area contributed by atoms with Crippen LogP contribution in [-0.2, 0) is 5.79 Å². The van der Waals surface area contributed by atoms with E-state index in [1.54, 1.807) is 0 Å². The Morgan fingerprint density at radius 1 is 0.900 bits per heavy atom. The van der Waals surface area contributed by atoms with Gasteiger partial charge in [-0.1, -0.05) is 0 Å². The molecule has 0 radical (unpaired) electrons. The number of nitrogens with zero attached hydrogens (tertiary/aromatic N) is 3. The quantitative estimate of drug-likeness (QED) is 0.420. The highest BCUT2D eigenvalue weighted by Gasteiger charge is 2.72. The molecule has 20 heavy (non-hydrogen) atoms. The molecule has 0 spiro atoms. The topological polar surface area (TPSA) is 148 Å². The van der Waals surface area contributed by atoms with E-state index in [-0.39, 0.29) is 11.5 Å². The van der Waals surface area contributed by atoms with Gasteiger partial charge >= 0.3 is 5.79 Å². The molecule has 0 amide bonds. The summed E-state index contributed by atoms with van der Waals surface area (Å²) < 4.78 is 9.67. The van der Waals surface area contributed by atoms with Crippen LogP contribution in [0.1, 0.15) is 5.56 Å². The first-order valence-electron chi connectivity index (χ1n) is 4.98. The molecule has 11 nitrogen and oxygen atoms in total. The molecule has 0 aliphatic carbocycles. The smallest absolute Gasteiger partial charge is 0.493 e. The van der Waals surface area contributed by atoms with Crippen molar-refractivity contribution in [1.29, 1.82) is 0 Å². The Bertz CT molecular complexity index is 536. The highest BCUT2D eigenvalue weighted by Crippen LogP contribution is 2.34. The summed E-state index contributed by atoms with van der Waals surface area (Å²) in [7, 11) is 2.47. The number of methoxy groups -OCH3 is 2. The average Bonchev–Trinajstić information content (AvgIpc) is 2.37. The number of ether oxygens (including phenoxy) is 2. The summed E-state index contributed by atoms with van der Waals surface area (Å²) in [6.45, 7) is 0. The SMILES string of the molecule is COc1ccc(C([N+](=O)[O-])([N+](=O)[O-])[N+](=O)[O-])cc1OC. The third-order valence-electron chi connectivity index (χ3n) is 2.53. The summed E-state index contributed by atoms with van der Waals surface area (Å²) in [4.78, 5) is 28.0. The van der Waals surface area contributed by atoms with E-state index < -0.39 is 26.1 Å². The third-order valence-corrected chi connectivity index (χ3v) is 2.53. The molecule has 0 N–H and O–H groups in total. The Morgan fingerprint density at radius 3 is 1.70 bits per heavy atom. The van der Waals surface area contributed by atoms with Gasteiger partial charge in [-0.3, -0.25) is 30.3 Å². The van der Waals surface area contributed by atoms with Crippen molar-refractivity contribution in [2.75, 3.05) is 14.2 Å². The second-order valence-electron chi connectivity index (χ2n) is 3.48. The van der Waals surface area contributed by atoms with Gasteiger partial charge in [0.2, 0.25) is 0 Å². The highest BCUT2D eigenvalue weighted by molar-refractivity contribution is 5.43. The Kier molecular flexibility index (Phi) is 4.02. The van der Waals surface area contributed by atoms with Gasteiger partial charge in [-0.2, -0.15) is 0 Å². The van der Waals surface area contributed by atoms with Crippen molar-refractivity contribution in [3.63, 3.8) is 0 Å². The van der Waals surface area contributed by atoms with Crippen molar-refractivity contribution in [1.82, 2.24) is 0 Å². The maximum atomic E-state index is 10.9. The largest absolute Gasteiger partial charge is 0.728 e. The van der Waals surface area contributed by atoms with Gasteiger partial charge in [0.25, 0.3) is 0 Å². The first-order valence-corrected chi connectivity index (χ1v) is 4.98. The number of benzene rings is 1. The molecular formula is C9H9N3O8. The minimum Gasteiger partial charge on any atom is -0.493 e. The van der Waals surface area contributed by atoms with Gasteiger partial charge in [0.05, 0.1) is 14.2 Å². The van der Waals surface area contributed by atoms with Crippen LogP contribution in [0.25, 0.3) is 0 Å². The molecule has 0 heterocycles. The van der Waals surface area contributed by atoms with Crippen LogP contribution < -0.4 is 9.47 Å². The summed E-state index contributed by atoms with van der Waals surface area (Å²) in [6.07, 6.45) is 0. The van der Waals surface area contributed by atoms with Gasteiger partial charge < -0.3 is 9.47 Å². The van der Waals surface area contributed by atoms with Gasteiger partial charge in [-0.25, -0.2) is 0 Å².